The number of aliphatic carboxylic acids is 1. The number of carboxylic acid groups (broad SMARTS) is 1. The first kappa shape index (κ1) is 18.9. The minimum atomic E-state index is -4.78. The monoisotopic (exact) mass is 371 g/mol. The van der Waals surface area contributed by atoms with E-state index >= 15 is 0 Å². The van der Waals surface area contributed by atoms with E-state index < -0.39 is 35.3 Å². The molecule has 0 bridgehead atoms. The molecular weight excluding hydrogens is 359 g/mol. The quantitative estimate of drug-likeness (QED) is 0.500. The third kappa shape index (κ3) is 5.03. The van der Waals surface area contributed by atoms with Gasteiger partial charge < -0.3 is 15.7 Å². The fourth-order valence-corrected chi connectivity index (χ4v) is 1.94. The van der Waals surface area contributed by atoms with Crippen LogP contribution >= 0.6 is 0 Å². The summed E-state index contributed by atoms with van der Waals surface area (Å²) in [6, 6.07) is 6.34. The molecule has 3 N–H and O–H groups in total. The summed E-state index contributed by atoms with van der Waals surface area (Å²) in [5, 5.41) is 24.3. The number of rotatable bonds is 7. The van der Waals surface area contributed by atoms with Crippen molar-refractivity contribution in [2.75, 3.05) is 17.2 Å². The van der Waals surface area contributed by atoms with E-state index in [-0.39, 0.29) is 23.6 Å². The van der Waals surface area contributed by atoms with E-state index in [2.05, 4.69) is 20.6 Å². The molecule has 138 valence electrons. The van der Waals surface area contributed by atoms with Gasteiger partial charge in [-0.3, -0.25) is 14.9 Å². The molecule has 0 aliphatic heterocycles. The Labute approximate surface area is 144 Å². The van der Waals surface area contributed by atoms with Crippen LogP contribution in [0.15, 0.2) is 30.3 Å². The summed E-state index contributed by atoms with van der Waals surface area (Å²) in [4.78, 5) is 27.8. The Bertz CT molecular complexity index is 828. The number of aromatic nitrogens is 2. The van der Waals surface area contributed by atoms with Crippen molar-refractivity contribution in [3.63, 3.8) is 0 Å². The minimum absolute atomic E-state index is 0.163. The Morgan fingerprint density at radius 2 is 1.92 bits per heavy atom. The average molecular weight is 371 g/mol. The van der Waals surface area contributed by atoms with Gasteiger partial charge in [0.1, 0.15) is 12.4 Å². The Morgan fingerprint density at radius 1 is 1.23 bits per heavy atom. The van der Waals surface area contributed by atoms with Crippen LogP contribution in [0.2, 0.25) is 0 Å². The smallest absolute Gasteiger partial charge is 0.433 e. The van der Waals surface area contributed by atoms with Gasteiger partial charge in [-0.05, 0) is 0 Å². The molecule has 1 aromatic heterocycles. The maximum Gasteiger partial charge on any atom is 0.433 e. The van der Waals surface area contributed by atoms with Crippen LogP contribution in [-0.2, 0) is 17.5 Å². The number of halogens is 3. The Hall–Kier alpha value is -3.44. The minimum Gasteiger partial charge on any atom is -0.480 e. The first-order chi connectivity index (χ1) is 12.2. The number of hydrogen-bond acceptors (Lipinski definition) is 7. The van der Waals surface area contributed by atoms with Crippen LogP contribution in [0.25, 0.3) is 0 Å². The summed E-state index contributed by atoms with van der Waals surface area (Å²) in [6.07, 6.45) is -4.78. The summed E-state index contributed by atoms with van der Waals surface area (Å²) < 4.78 is 38.8. The molecule has 0 aliphatic rings. The fourth-order valence-electron chi connectivity index (χ4n) is 1.94. The Kier molecular flexibility index (Phi) is 5.54. The number of carboxylic acids is 1. The summed E-state index contributed by atoms with van der Waals surface area (Å²) in [5.41, 5.74) is -1.25. The largest absolute Gasteiger partial charge is 0.480 e. The predicted octanol–water partition coefficient (Wildman–Crippen LogP) is 2.51. The van der Waals surface area contributed by atoms with Gasteiger partial charge in [-0.15, -0.1) is 0 Å². The third-order valence-corrected chi connectivity index (χ3v) is 3.06. The molecule has 0 saturated heterocycles. The number of hydrogen-bond donors (Lipinski definition) is 3. The Balaban J connectivity index is 2.26. The van der Waals surface area contributed by atoms with Gasteiger partial charge in [0.25, 0.3) is 5.69 Å². The van der Waals surface area contributed by atoms with Gasteiger partial charge in [-0.1, -0.05) is 18.2 Å². The topological polar surface area (TPSA) is 130 Å². The van der Waals surface area contributed by atoms with E-state index in [4.69, 9.17) is 5.11 Å². The van der Waals surface area contributed by atoms with Crippen LogP contribution in [0.1, 0.15) is 11.3 Å². The van der Waals surface area contributed by atoms with Crippen molar-refractivity contribution in [1.29, 1.82) is 0 Å². The van der Waals surface area contributed by atoms with Crippen molar-refractivity contribution in [2.24, 2.45) is 0 Å². The SMILES string of the molecule is O=C(O)CNc1nc(NCc2ccccc2[N+](=O)[O-])cc(C(F)(F)F)n1. The van der Waals surface area contributed by atoms with Crippen LogP contribution in [0.5, 0.6) is 0 Å². The highest BCUT2D eigenvalue weighted by Gasteiger charge is 2.33. The van der Waals surface area contributed by atoms with Crippen molar-refractivity contribution in [3.8, 4) is 0 Å². The molecule has 0 unspecified atom stereocenters. The highest BCUT2D eigenvalue weighted by molar-refractivity contribution is 5.72. The molecule has 0 saturated carbocycles. The van der Waals surface area contributed by atoms with Crippen LogP contribution in [-0.4, -0.2) is 32.5 Å². The lowest BCUT2D eigenvalue weighted by Crippen LogP contribution is -2.18. The van der Waals surface area contributed by atoms with Gasteiger partial charge in [0, 0.05) is 24.2 Å². The first-order valence-electron chi connectivity index (χ1n) is 7.05. The van der Waals surface area contributed by atoms with E-state index in [0.29, 0.717) is 6.07 Å². The van der Waals surface area contributed by atoms with Gasteiger partial charge in [-0.2, -0.15) is 18.2 Å². The average Bonchev–Trinajstić information content (AvgIpc) is 2.57. The van der Waals surface area contributed by atoms with Crippen molar-refractivity contribution in [3.05, 3.63) is 51.7 Å². The molecule has 9 nitrogen and oxygen atoms in total. The number of nitro groups is 1. The maximum absolute atomic E-state index is 12.9. The van der Waals surface area contributed by atoms with E-state index in [0.717, 1.165) is 0 Å². The van der Waals surface area contributed by atoms with Crippen LogP contribution in [0.3, 0.4) is 0 Å². The van der Waals surface area contributed by atoms with Crippen molar-refractivity contribution >= 4 is 23.4 Å². The van der Waals surface area contributed by atoms with Crippen molar-refractivity contribution in [1.82, 2.24) is 9.97 Å². The molecule has 2 rings (SSSR count). The first-order valence-corrected chi connectivity index (χ1v) is 7.05. The lowest BCUT2D eigenvalue weighted by molar-refractivity contribution is -0.385. The van der Waals surface area contributed by atoms with Crippen molar-refractivity contribution < 1.29 is 28.0 Å². The molecule has 2 aromatic rings. The Morgan fingerprint density at radius 3 is 2.54 bits per heavy atom. The number of nitrogens with one attached hydrogen (secondary N) is 2. The molecule has 26 heavy (non-hydrogen) atoms. The second-order valence-electron chi connectivity index (χ2n) is 4.95. The predicted molar refractivity (Wildman–Crippen MR) is 83.6 cm³/mol. The number of anilines is 2. The number of nitrogens with zero attached hydrogens (tertiary/aromatic N) is 3. The third-order valence-electron chi connectivity index (χ3n) is 3.06. The molecule has 1 heterocycles. The molecule has 0 spiro atoms. The summed E-state index contributed by atoms with van der Waals surface area (Å²) in [7, 11) is 0. The van der Waals surface area contributed by atoms with Gasteiger partial charge in [0.2, 0.25) is 5.95 Å². The number of benzene rings is 1. The fraction of sp³-hybridized carbons (Fsp3) is 0.214. The standard InChI is InChI=1S/C14H12F3N5O4/c15-14(16,17)10-5-11(21-13(20-10)19-7-12(23)24)18-6-8-3-1-2-4-9(8)22(25)26/h1-5H,6-7H2,(H,23,24)(H2,18,19,20,21). The zero-order chi connectivity index (χ0) is 19.3. The molecular formula is C14H12F3N5O4. The summed E-state index contributed by atoms with van der Waals surface area (Å²) in [6.45, 7) is -0.839. The van der Waals surface area contributed by atoms with Crippen molar-refractivity contribution in [2.45, 2.75) is 12.7 Å². The van der Waals surface area contributed by atoms with Crippen LogP contribution in [0.4, 0.5) is 30.6 Å². The van der Waals surface area contributed by atoms with Crippen LogP contribution < -0.4 is 10.6 Å². The number of para-hydroxylation sites is 1. The zero-order valence-corrected chi connectivity index (χ0v) is 12.9. The van der Waals surface area contributed by atoms with E-state index in [1.54, 1.807) is 6.07 Å². The second-order valence-corrected chi connectivity index (χ2v) is 4.95. The zero-order valence-electron chi connectivity index (χ0n) is 12.9. The van der Waals surface area contributed by atoms with E-state index in [1.165, 1.54) is 18.2 Å². The van der Waals surface area contributed by atoms with Crippen LogP contribution in [0, 0.1) is 10.1 Å². The molecule has 0 radical (unpaired) electrons. The highest BCUT2D eigenvalue weighted by Crippen LogP contribution is 2.30. The number of alkyl halides is 3. The molecule has 0 atom stereocenters. The molecule has 12 heteroatoms. The lowest BCUT2D eigenvalue weighted by atomic mass is 10.2. The molecule has 0 fully saturated rings. The van der Waals surface area contributed by atoms with E-state index in [9.17, 15) is 28.1 Å². The maximum atomic E-state index is 12.9. The van der Waals surface area contributed by atoms with Gasteiger partial charge in [0.05, 0.1) is 4.92 Å². The number of carbonyl (C=O) groups is 1. The van der Waals surface area contributed by atoms with Gasteiger partial charge in [-0.25, -0.2) is 4.98 Å². The highest BCUT2D eigenvalue weighted by atomic mass is 19.4. The molecule has 1 aromatic carbocycles. The van der Waals surface area contributed by atoms with E-state index in [1.807, 2.05) is 0 Å². The molecule has 0 aliphatic carbocycles. The lowest BCUT2D eigenvalue weighted by Gasteiger charge is -2.12. The summed E-state index contributed by atoms with van der Waals surface area (Å²) in [5.74, 6) is -2.11. The second kappa shape index (κ2) is 7.63. The normalized spacial score (nSPS) is 11.0. The van der Waals surface area contributed by atoms with Gasteiger partial charge >= 0.3 is 12.1 Å². The molecule has 0 amide bonds. The summed E-state index contributed by atoms with van der Waals surface area (Å²) >= 11 is 0. The van der Waals surface area contributed by atoms with Gasteiger partial charge in [0.15, 0.2) is 5.69 Å². The number of nitro benzene ring substituents is 1.